The summed E-state index contributed by atoms with van der Waals surface area (Å²) in [6.07, 6.45) is 2.98. The van der Waals surface area contributed by atoms with Gasteiger partial charge in [0.1, 0.15) is 23.3 Å². The molecule has 0 unspecified atom stereocenters. The van der Waals surface area contributed by atoms with Crippen LogP contribution in [0.15, 0.2) is 42.5 Å². The Balaban J connectivity index is 1.38. The molecule has 0 N–H and O–H groups in total. The minimum absolute atomic E-state index is 0.0699. The van der Waals surface area contributed by atoms with Gasteiger partial charge in [-0.3, -0.25) is 9.48 Å². The first-order valence-electron chi connectivity index (χ1n) is 11.8. The van der Waals surface area contributed by atoms with Gasteiger partial charge in [-0.1, -0.05) is 0 Å². The molecule has 0 saturated carbocycles. The van der Waals surface area contributed by atoms with Gasteiger partial charge < -0.3 is 4.90 Å². The van der Waals surface area contributed by atoms with Gasteiger partial charge in [0.15, 0.2) is 0 Å². The van der Waals surface area contributed by atoms with E-state index in [0.717, 1.165) is 36.6 Å². The Kier molecular flexibility index (Phi) is 5.20. The molecule has 1 saturated heterocycles. The fourth-order valence-electron chi connectivity index (χ4n) is 5.62. The molecular weight excluding hydrogens is 469 g/mol. The van der Waals surface area contributed by atoms with E-state index >= 15 is 0 Å². The number of amides is 1. The maximum absolute atomic E-state index is 14.0. The van der Waals surface area contributed by atoms with Crippen molar-refractivity contribution in [2.75, 3.05) is 0 Å². The summed E-state index contributed by atoms with van der Waals surface area (Å²) in [5.74, 6) is -1.36. The van der Waals surface area contributed by atoms with E-state index in [1.807, 2.05) is 4.90 Å². The van der Waals surface area contributed by atoms with Crippen molar-refractivity contribution in [3.8, 4) is 16.9 Å². The van der Waals surface area contributed by atoms with Crippen LogP contribution in [0.2, 0.25) is 0 Å². The van der Waals surface area contributed by atoms with Gasteiger partial charge in [-0.15, -0.1) is 5.10 Å². The molecule has 0 radical (unpaired) electrons. The van der Waals surface area contributed by atoms with E-state index < -0.39 is 11.6 Å². The summed E-state index contributed by atoms with van der Waals surface area (Å²) in [4.78, 5) is 20.0. The van der Waals surface area contributed by atoms with Gasteiger partial charge in [-0.25, -0.2) is 22.8 Å². The average Bonchev–Trinajstić information content (AvgIpc) is 3.37. The molecule has 7 nitrogen and oxygen atoms in total. The fourth-order valence-corrected chi connectivity index (χ4v) is 5.62. The lowest BCUT2D eigenvalue weighted by atomic mass is 9.81. The van der Waals surface area contributed by atoms with Crippen LogP contribution >= 0.6 is 0 Å². The normalized spacial score (nSPS) is 18.9. The summed E-state index contributed by atoms with van der Waals surface area (Å²) in [7, 11) is 1.75. The molecular formula is C26H23F3N6O. The Morgan fingerprint density at radius 3 is 2.42 bits per heavy atom. The third-order valence-electron chi connectivity index (χ3n) is 7.08. The molecule has 36 heavy (non-hydrogen) atoms. The van der Waals surface area contributed by atoms with Crippen LogP contribution in [0.1, 0.15) is 53.0 Å². The molecule has 2 aliphatic rings. The second-order valence-corrected chi connectivity index (χ2v) is 9.38. The first-order chi connectivity index (χ1) is 17.3. The predicted molar refractivity (Wildman–Crippen MR) is 125 cm³/mol. The fraction of sp³-hybridized carbons (Fsp3) is 0.308. The summed E-state index contributed by atoms with van der Waals surface area (Å²) in [5.41, 5.74) is 3.37. The van der Waals surface area contributed by atoms with Gasteiger partial charge in [0, 0.05) is 30.3 Å². The second-order valence-electron chi connectivity index (χ2n) is 9.38. The van der Waals surface area contributed by atoms with Gasteiger partial charge in [0.05, 0.1) is 23.1 Å². The molecule has 4 aromatic rings. The monoisotopic (exact) mass is 492 g/mol. The van der Waals surface area contributed by atoms with E-state index in [1.54, 1.807) is 30.8 Å². The third-order valence-corrected chi connectivity index (χ3v) is 7.08. The first-order valence-corrected chi connectivity index (χ1v) is 11.8. The Hall–Kier alpha value is -3.95. The standard InChI is InChI=1S/C26H23F3N6O/c1-14-30-25(32-35(14)19-8-6-16(27)7-9-19)26(36)34-20-4-3-5-22(34)23-21(13-20)24(33(2)31-23)15-10-17(28)12-18(29)11-15/h6-12,20,22H,3-5,13H2,1-2H3/t20-,22+/m1/s1. The van der Waals surface area contributed by atoms with Crippen molar-refractivity contribution >= 4 is 5.91 Å². The first kappa shape index (κ1) is 22.5. The van der Waals surface area contributed by atoms with Gasteiger partial charge in [-0.05, 0) is 69.0 Å². The lowest BCUT2D eigenvalue weighted by Gasteiger charge is -2.44. The van der Waals surface area contributed by atoms with Crippen molar-refractivity contribution in [3.63, 3.8) is 0 Å². The predicted octanol–water partition coefficient (Wildman–Crippen LogP) is 4.69. The Bertz CT molecular complexity index is 1470. The molecule has 2 bridgehead atoms. The number of nitrogens with zero attached hydrogens (tertiary/aromatic N) is 6. The van der Waals surface area contributed by atoms with Crippen LogP contribution in [-0.4, -0.2) is 41.4 Å². The topological polar surface area (TPSA) is 68.8 Å². The minimum Gasteiger partial charge on any atom is -0.324 e. The zero-order valence-electron chi connectivity index (χ0n) is 19.8. The lowest BCUT2D eigenvalue weighted by Crippen LogP contribution is -2.50. The van der Waals surface area contributed by atoms with Gasteiger partial charge in [-0.2, -0.15) is 5.10 Å². The zero-order chi connectivity index (χ0) is 25.1. The van der Waals surface area contributed by atoms with Crippen molar-refractivity contribution in [2.45, 2.75) is 44.7 Å². The van der Waals surface area contributed by atoms with Crippen LogP contribution in [0.5, 0.6) is 0 Å². The van der Waals surface area contributed by atoms with Crippen LogP contribution in [-0.2, 0) is 13.5 Å². The number of aryl methyl sites for hydroxylation is 2. The van der Waals surface area contributed by atoms with Gasteiger partial charge >= 0.3 is 0 Å². The van der Waals surface area contributed by atoms with Crippen molar-refractivity contribution in [3.05, 3.63) is 82.8 Å². The quantitative estimate of drug-likeness (QED) is 0.416. The molecule has 2 aliphatic heterocycles. The molecule has 1 amide bonds. The molecule has 2 aromatic carbocycles. The smallest absolute Gasteiger partial charge is 0.294 e. The molecule has 2 aromatic heterocycles. The van der Waals surface area contributed by atoms with Crippen molar-refractivity contribution in [1.82, 2.24) is 29.4 Å². The number of piperidine rings is 1. The van der Waals surface area contributed by atoms with Gasteiger partial charge in [0.25, 0.3) is 5.91 Å². The number of carbonyl (C=O) groups is 1. The highest BCUT2D eigenvalue weighted by atomic mass is 19.1. The van der Waals surface area contributed by atoms with Crippen LogP contribution in [0.3, 0.4) is 0 Å². The van der Waals surface area contributed by atoms with E-state index in [4.69, 9.17) is 5.10 Å². The minimum atomic E-state index is -0.647. The van der Waals surface area contributed by atoms with Crippen LogP contribution in [0, 0.1) is 24.4 Å². The number of benzene rings is 2. The molecule has 4 heterocycles. The van der Waals surface area contributed by atoms with E-state index in [9.17, 15) is 18.0 Å². The Labute approximate surface area is 205 Å². The maximum atomic E-state index is 14.0. The average molecular weight is 493 g/mol. The molecule has 2 atom stereocenters. The number of hydrogen-bond donors (Lipinski definition) is 0. The van der Waals surface area contributed by atoms with E-state index in [2.05, 4.69) is 10.1 Å². The summed E-state index contributed by atoms with van der Waals surface area (Å²) >= 11 is 0. The van der Waals surface area contributed by atoms with Crippen LogP contribution < -0.4 is 0 Å². The number of halogens is 3. The van der Waals surface area contributed by atoms with E-state index in [-0.39, 0.29) is 29.6 Å². The number of rotatable bonds is 3. The summed E-state index contributed by atoms with van der Waals surface area (Å²) in [5, 5.41) is 9.15. The number of aromatic nitrogens is 5. The molecule has 1 fully saturated rings. The maximum Gasteiger partial charge on any atom is 0.294 e. The highest BCUT2D eigenvalue weighted by molar-refractivity contribution is 5.91. The largest absolute Gasteiger partial charge is 0.324 e. The van der Waals surface area contributed by atoms with E-state index in [0.29, 0.717) is 29.2 Å². The third kappa shape index (κ3) is 3.59. The highest BCUT2D eigenvalue weighted by Gasteiger charge is 2.44. The van der Waals surface area contributed by atoms with Crippen molar-refractivity contribution < 1.29 is 18.0 Å². The summed E-state index contributed by atoms with van der Waals surface area (Å²) in [6.45, 7) is 1.74. The molecule has 0 aliphatic carbocycles. The van der Waals surface area contributed by atoms with Crippen molar-refractivity contribution in [1.29, 1.82) is 0 Å². The van der Waals surface area contributed by atoms with Crippen LogP contribution in [0.25, 0.3) is 16.9 Å². The number of carbonyl (C=O) groups excluding carboxylic acids is 1. The Morgan fingerprint density at radius 1 is 0.972 bits per heavy atom. The zero-order valence-corrected chi connectivity index (χ0v) is 19.8. The van der Waals surface area contributed by atoms with E-state index in [1.165, 1.54) is 28.9 Å². The SMILES string of the molecule is Cc1nc(C(=O)N2[C@@H]3CCC[C@H]2c2nn(C)c(-c4cc(F)cc(F)c4)c2C3)nn1-c1ccc(F)cc1. The van der Waals surface area contributed by atoms with Gasteiger partial charge in [0.2, 0.25) is 5.82 Å². The second kappa shape index (κ2) is 8.32. The Morgan fingerprint density at radius 2 is 1.69 bits per heavy atom. The van der Waals surface area contributed by atoms with Crippen LogP contribution in [0.4, 0.5) is 13.2 Å². The highest BCUT2D eigenvalue weighted by Crippen LogP contribution is 2.45. The number of hydrogen-bond acceptors (Lipinski definition) is 4. The van der Waals surface area contributed by atoms with Crippen molar-refractivity contribution in [2.24, 2.45) is 7.05 Å². The summed E-state index contributed by atoms with van der Waals surface area (Å²) in [6, 6.07) is 8.90. The lowest BCUT2D eigenvalue weighted by molar-refractivity contribution is 0.0379. The number of fused-ring (bicyclic) bond motifs is 4. The molecule has 0 spiro atoms. The molecule has 10 heteroatoms. The molecule has 184 valence electrons. The summed E-state index contributed by atoms with van der Waals surface area (Å²) < 4.78 is 44.5. The molecule has 6 rings (SSSR count).